The fourth-order valence-electron chi connectivity index (χ4n) is 2.44. The van der Waals surface area contributed by atoms with Gasteiger partial charge in [-0.05, 0) is 31.0 Å². The molecule has 1 aromatic carbocycles. The second kappa shape index (κ2) is 4.63. The zero-order valence-electron chi connectivity index (χ0n) is 9.60. The SMILES string of the molecule is O[C@H]1CCCC[C@@H]1Nc1ccc2ncsc2c1. The van der Waals surface area contributed by atoms with Gasteiger partial charge in [0.05, 0.1) is 27.9 Å². The van der Waals surface area contributed by atoms with Crippen LogP contribution in [0.25, 0.3) is 10.2 Å². The highest BCUT2D eigenvalue weighted by Crippen LogP contribution is 2.25. The first kappa shape index (κ1) is 11.0. The molecule has 0 bridgehead atoms. The first-order chi connectivity index (χ1) is 8.33. The lowest BCUT2D eigenvalue weighted by molar-refractivity contribution is 0.116. The Labute approximate surface area is 105 Å². The minimum absolute atomic E-state index is 0.203. The van der Waals surface area contributed by atoms with Crippen molar-refractivity contribution >= 4 is 27.2 Å². The summed E-state index contributed by atoms with van der Waals surface area (Å²) in [6, 6.07) is 6.40. The molecule has 3 rings (SSSR count). The third-order valence-electron chi connectivity index (χ3n) is 3.41. The zero-order valence-corrected chi connectivity index (χ0v) is 10.4. The Bertz CT molecular complexity index is 511. The quantitative estimate of drug-likeness (QED) is 0.858. The smallest absolute Gasteiger partial charge is 0.0813 e. The molecule has 2 aromatic rings. The van der Waals surface area contributed by atoms with Gasteiger partial charge in [-0.1, -0.05) is 12.8 Å². The van der Waals surface area contributed by atoms with Crippen LogP contribution in [0.4, 0.5) is 5.69 Å². The van der Waals surface area contributed by atoms with Crippen molar-refractivity contribution in [3.05, 3.63) is 23.7 Å². The van der Waals surface area contributed by atoms with Crippen molar-refractivity contribution in [2.45, 2.75) is 37.8 Å². The number of benzene rings is 1. The fraction of sp³-hybridized carbons (Fsp3) is 0.462. The van der Waals surface area contributed by atoms with E-state index in [2.05, 4.69) is 16.4 Å². The molecule has 1 saturated carbocycles. The van der Waals surface area contributed by atoms with Crippen LogP contribution >= 0.6 is 11.3 Å². The van der Waals surface area contributed by atoms with E-state index in [1.54, 1.807) is 11.3 Å². The van der Waals surface area contributed by atoms with Crippen molar-refractivity contribution in [1.82, 2.24) is 4.98 Å². The van der Waals surface area contributed by atoms with Crippen LogP contribution in [0, 0.1) is 0 Å². The number of thiazole rings is 1. The highest BCUT2D eigenvalue weighted by Gasteiger charge is 2.22. The van der Waals surface area contributed by atoms with E-state index in [9.17, 15) is 5.11 Å². The summed E-state index contributed by atoms with van der Waals surface area (Å²) in [4.78, 5) is 4.26. The van der Waals surface area contributed by atoms with Gasteiger partial charge in [-0.2, -0.15) is 0 Å². The van der Waals surface area contributed by atoms with E-state index in [4.69, 9.17) is 0 Å². The van der Waals surface area contributed by atoms with Gasteiger partial charge in [0, 0.05) is 5.69 Å². The Morgan fingerprint density at radius 2 is 2.18 bits per heavy atom. The lowest BCUT2D eigenvalue weighted by atomic mass is 9.92. The minimum Gasteiger partial charge on any atom is -0.391 e. The Morgan fingerprint density at radius 1 is 1.29 bits per heavy atom. The maximum absolute atomic E-state index is 9.93. The van der Waals surface area contributed by atoms with Crippen LogP contribution < -0.4 is 5.32 Å². The topological polar surface area (TPSA) is 45.1 Å². The van der Waals surface area contributed by atoms with Gasteiger partial charge in [0.25, 0.3) is 0 Å². The second-order valence-corrected chi connectivity index (χ2v) is 5.52. The average Bonchev–Trinajstić information content (AvgIpc) is 2.79. The van der Waals surface area contributed by atoms with Crippen molar-refractivity contribution in [3.63, 3.8) is 0 Å². The molecule has 0 radical (unpaired) electrons. The predicted octanol–water partition coefficient (Wildman–Crippen LogP) is 3.01. The Kier molecular flexibility index (Phi) is 2.99. The third-order valence-corrected chi connectivity index (χ3v) is 4.20. The number of nitrogens with one attached hydrogen (secondary N) is 1. The largest absolute Gasteiger partial charge is 0.391 e. The summed E-state index contributed by atoms with van der Waals surface area (Å²) in [6.07, 6.45) is 4.12. The number of aliphatic hydroxyl groups is 1. The fourth-order valence-corrected chi connectivity index (χ4v) is 3.15. The van der Waals surface area contributed by atoms with Crippen molar-refractivity contribution in [2.75, 3.05) is 5.32 Å². The minimum atomic E-state index is -0.207. The second-order valence-electron chi connectivity index (χ2n) is 4.64. The summed E-state index contributed by atoms with van der Waals surface area (Å²) in [6.45, 7) is 0. The van der Waals surface area contributed by atoms with E-state index >= 15 is 0 Å². The Balaban J connectivity index is 1.79. The van der Waals surface area contributed by atoms with Crippen molar-refractivity contribution < 1.29 is 5.11 Å². The summed E-state index contributed by atoms with van der Waals surface area (Å²) in [5.41, 5.74) is 4.00. The standard InChI is InChI=1S/C13H16N2OS/c16-12-4-2-1-3-10(12)15-9-5-6-11-13(7-9)17-8-14-11/h5-8,10,12,15-16H,1-4H2/t10-,12-/m0/s1. The van der Waals surface area contributed by atoms with Gasteiger partial charge in [0.2, 0.25) is 0 Å². The molecular formula is C13H16N2OS. The van der Waals surface area contributed by atoms with Crippen LogP contribution in [0.15, 0.2) is 23.7 Å². The van der Waals surface area contributed by atoms with E-state index in [1.165, 1.54) is 11.1 Å². The molecule has 1 fully saturated rings. The maximum Gasteiger partial charge on any atom is 0.0813 e. The van der Waals surface area contributed by atoms with Gasteiger partial charge in [0.1, 0.15) is 0 Å². The third kappa shape index (κ3) is 2.28. The monoisotopic (exact) mass is 248 g/mol. The van der Waals surface area contributed by atoms with E-state index in [0.717, 1.165) is 30.5 Å². The van der Waals surface area contributed by atoms with Gasteiger partial charge in [-0.25, -0.2) is 4.98 Å². The van der Waals surface area contributed by atoms with E-state index in [0.29, 0.717) is 0 Å². The molecule has 1 aliphatic rings. The lowest BCUT2D eigenvalue weighted by Crippen LogP contribution is -2.36. The number of aromatic nitrogens is 1. The summed E-state index contributed by atoms with van der Waals surface area (Å²) in [5, 5.41) is 13.4. The summed E-state index contributed by atoms with van der Waals surface area (Å²) >= 11 is 1.65. The van der Waals surface area contributed by atoms with Gasteiger partial charge in [0.15, 0.2) is 0 Å². The molecule has 0 saturated heterocycles. The summed E-state index contributed by atoms with van der Waals surface area (Å²) in [7, 11) is 0. The molecule has 90 valence electrons. The Morgan fingerprint density at radius 3 is 3.06 bits per heavy atom. The molecule has 3 nitrogen and oxygen atoms in total. The van der Waals surface area contributed by atoms with Gasteiger partial charge >= 0.3 is 0 Å². The molecule has 1 aromatic heterocycles. The first-order valence-electron chi connectivity index (χ1n) is 6.11. The first-order valence-corrected chi connectivity index (χ1v) is 6.99. The summed E-state index contributed by atoms with van der Waals surface area (Å²) < 4.78 is 1.19. The summed E-state index contributed by atoms with van der Waals surface area (Å²) in [5.74, 6) is 0. The van der Waals surface area contributed by atoms with Crippen LogP contribution in [-0.2, 0) is 0 Å². The van der Waals surface area contributed by atoms with E-state index < -0.39 is 0 Å². The van der Waals surface area contributed by atoms with Crippen LogP contribution in [0.5, 0.6) is 0 Å². The van der Waals surface area contributed by atoms with Crippen LogP contribution in [-0.4, -0.2) is 22.2 Å². The molecule has 2 N–H and O–H groups in total. The van der Waals surface area contributed by atoms with Crippen molar-refractivity contribution in [3.8, 4) is 0 Å². The lowest BCUT2D eigenvalue weighted by Gasteiger charge is -2.29. The van der Waals surface area contributed by atoms with Crippen LogP contribution in [0.3, 0.4) is 0 Å². The number of anilines is 1. The van der Waals surface area contributed by atoms with Crippen LogP contribution in [0.1, 0.15) is 25.7 Å². The number of rotatable bonds is 2. The van der Waals surface area contributed by atoms with Gasteiger partial charge in [-0.15, -0.1) is 11.3 Å². The molecule has 2 atom stereocenters. The molecule has 0 amide bonds. The van der Waals surface area contributed by atoms with E-state index in [1.807, 2.05) is 17.6 Å². The van der Waals surface area contributed by atoms with E-state index in [-0.39, 0.29) is 12.1 Å². The van der Waals surface area contributed by atoms with Gasteiger partial charge < -0.3 is 10.4 Å². The molecule has 4 heteroatoms. The van der Waals surface area contributed by atoms with Gasteiger partial charge in [-0.3, -0.25) is 0 Å². The zero-order chi connectivity index (χ0) is 11.7. The number of hydrogen-bond acceptors (Lipinski definition) is 4. The molecular weight excluding hydrogens is 232 g/mol. The number of nitrogens with zero attached hydrogens (tertiary/aromatic N) is 1. The molecule has 1 aliphatic carbocycles. The molecule has 0 unspecified atom stereocenters. The predicted molar refractivity (Wildman–Crippen MR) is 71.5 cm³/mol. The van der Waals surface area contributed by atoms with Crippen molar-refractivity contribution in [1.29, 1.82) is 0 Å². The highest BCUT2D eigenvalue weighted by molar-refractivity contribution is 7.16. The van der Waals surface area contributed by atoms with Crippen LogP contribution in [0.2, 0.25) is 0 Å². The molecule has 1 heterocycles. The number of fused-ring (bicyclic) bond motifs is 1. The average molecular weight is 248 g/mol. The number of aliphatic hydroxyl groups excluding tert-OH is 1. The molecule has 17 heavy (non-hydrogen) atoms. The molecule has 0 spiro atoms. The highest BCUT2D eigenvalue weighted by atomic mass is 32.1. The number of hydrogen-bond donors (Lipinski definition) is 2. The Hall–Kier alpha value is -1.13. The maximum atomic E-state index is 9.93. The van der Waals surface area contributed by atoms with Crippen molar-refractivity contribution in [2.24, 2.45) is 0 Å². The molecule has 0 aliphatic heterocycles. The normalized spacial score (nSPS) is 25.0.